The highest BCUT2D eigenvalue weighted by atomic mass is 32.2. The first-order valence-electron chi connectivity index (χ1n) is 6.88. The summed E-state index contributed by atoms with van der Waals surface area (Å²) in [5, 5.41) is 13.6. The van der Waals surface area contributed by atoms with Crippen molar-refractivity contribution in [3.8, 4) is 0 Å². The highest BCUT2D eigenvalue weighted by Gasteiger charge is 2.24. The van der Waals surface area contributed by atoms with E-state index in [2.05, 4.69) is 10.3 Å². The number of para-hydroxylation sites is 1. The van der Waals surface area contributed by atoms with Crippen LogP contribution in [0.4, 0.5) is 10.1 Å². The molecule has 0 atom stereocenters. The van der Waals surface area contributed by atoms with Crippen molar-refractivity contribution in [1.29, 1.82) is 0 Å². The van der Waals surface area contributed by atoms with E-state index in [1.54, 1.807) is 30.3 Å². The quantitative estimate of drug-likeness (QED) is 0.867. The molecule has 1 N–H and O–H groups in total. The fourth-order valence-electron chi connectivity index (χ4n) is 2.00. The summed E-state index contributed by atoms with van der Waals surface area (Å²) >= 11 is 1.08. The van der Waals surface area contributed by atoms with Gasteiger partial charge in [-0.3, -0.25) is 4.79 Å². The van der Waals surface area contributed by atoms with E-state index in [0.29, 0.717) is 10.5 Å². The Morgan fingerprint density at radius 1 is 1.17 bits per heavy atom. The van der Waals surface area contributed by atoms with Crippen molar-refractivity contribution in [2.24, 2.45) is 4.99 Å². The van der Waals surface area contributed by atoms with Crippen molar-refractivity contribution < 1.29 is 19.1 Å². The minimum absolute atomic E-state index is 0.0579. The van der Waals surface area contributed by atoms with E-state index >= 15 is 0 Å². The largest absolute Gasteiger partial charge is 0.545 e. The number of rotatable bonds is 3. The van der Waals surface area contributed by atoms with Gasteiger partial charge in [0.15, 0.2) is 5.17 Å². The fraction of sp³-hybridized carbons (Fsp3) is 0. The molecule has 2 aromatic rings. The SMILES string of the molecule is O=C1NC(=Nc2ccccc2F)S/C1=C\c1ccc(C(=O)[O-])cc1. The average molecular weight is 341 g/mol. The van der Waals surface area contributed by atoms with Crippen molar-refractivity contribution in [3.05, 3.63) is 70.4 Å². The number of carboxylic acids is 1. The maximum Gasteiger partial charge on any atom is 0.264 e. The molecule has 0 aromatic heterocycles. The molecular weight excluding hydrogens is 331 g/mol. The minimum atomic E-state index is -1.26. The Labute approximate surface area is 140 Å². The highest BCUT2D eigenvalue weighted by molar-refractivity contribution is 8.18. The number of carboxylic acid groups (broad SMARTS) is 1. The minimum Gasteiger partial charge on any atom is -0.545 e. The number of aromatic carboxylic acids is 1. The van der Waals surface area contributed by atoms with Gasteiger partial charge in [0.25, 0.3) is 5.91 Å². The standard InChI is InChI=1S/C17H11FN2O3S/c18-12-3-1-2-4-13(12)19-17-20-15(21)14(24-17)9-10-5-7-11(8-6-10)16(22)23/h1-9H,(H,22,23)(H,19,20,21)/p-1/b14-9-. The van der Waals surface area contributed by atoms with Gasteiger partial charge in [0.05, 0.1) is 10.9 Å². The van der Waals surface area contributed by atoms with E-state index in [1.807, 2.05) is 0 Å². The highest BCUT2D eigenvalue weighted by Crippen LogP contribution is 2.28. The zero-order valence-electron chi connectivity index (χ0n) is 12.2. The van der Waals surface area contributed by atoms with Crippen molar-refractivity contribution in [1.82, 2.24) is 5.32 Å². The Kier molecular flexibility index (Phi) is 4.43. The lowest BCUT2D eigenvalue weighted by Crippen LogP contribution is -2.21. The molecule has 3 rings (SSSR count). The summed E-state index contributed by atoms with van der Waals surface area (Å²) in [7, 11) is 0. The number of benzene rings is 2. The number of amides is 1. The van der Waals surface area contributed by atoms with Crippen LogP contribution >= 0.6 is 11.8 Å². The molecule has 5 nitrogen and oxygen atoms in total. The first-order chi connectivity index (χ1) is 11.5. The summed E-state index contributed by atoms with van der Waals surface area (Å²) in [4.78, 5) is 27.1. The van der Waals surface area contributed by atoms with Gasteiger partial charge in [-0.15, -0.1) is 0 Å². The number of hydrogen-bond acceptors (Lipinski definition) is 5. The molecule has 1 heterocycles. The van der Waals surface area contributed by atoms with E-state index in [4.69, 9.17) is 0 Å². The normalized spacial score (nSPS) is 17.3. The molecule has 1 saturated heterocycles. The first kappa shape index (κ1) is 15.9. The molecule has 1 amide bonds. The van der Waals surface area contributed by atoms with Gasteiger partial charge in [-0.1, -0.05) is 36.4 Å². The average Bonchev–Trinajstić information content (AvgIpc) is 2.90. The smallest absolute Gasteiger partial charge is 0.264 e. The third-order valence-corrected chi connectivity index (χ3v) is 4.08. The molecular formula is C17H10FN2O3S-. The van der Waals surface area contributed by atoms with E-state index in [9.17, 15) is 19.1 Å². The molecule has 120 valence electrons. The Hall–Kier alpha value is -2.93. The molecule has 24 heavy (non-hydrogen) atoms. The van der Waals surface area contributed by atoms with Gasteiger partial charge in [0.2, 0.25) is 0 Å². The second-order valence-corrected chi connectivity index (χ2v) is 5.87. The van der Waals surface area contributed by atoms with E-state index < -0.39 is 11.8 Å². The maximum absolute atomic E-state index is 13.6. The predicted molar refractivity (Wildman–Crippen MR) is 88.0 cm³/mol. The molecule has 0 aliphatic carbocycles. The Morgan fingerprint density at radius 2 is 1.88 bits per heavy atom. The van der Waals surface area contributed by atoms with Gasteiger partial charge in [0, 0.05) is 0 Å². The van der Waals surface area contributed by atoms with Crippen LogP contribution in [0.25, 0.3) is 6.08 Å². The summed E-state index contributed by atoms with van der Waals surface area (Å²) in [6.45, 7) is 0. The second-order valence-electron chi connectivity index (χ2n) is 4.84. The van der Waals surface area contributed by atoms with Crippen LogP contribution in [0.5, 0.6) is 0 Å². The number of aliphatic imine (C=N–C) groups is 1. The molecule has 0 radical (unpaired) electrons. The number of nitrogens with zero attached hydrogens (tertiary/aromatic N) is 1. The maximum atomic E-state index is 13.6. The Bertz CT molecular complexity index is 876. The van der Waals surface area contributed by atoms with Gasteiger partial charge in [-0.25, -0.2) is 9.38 Å². The van der Waals surface area contributed by atoms with Gasteiger partial charge in [0.1, 0.15) is 11.5 Å². The zero-order valence-corrected chi connectivity index (χ0v) is 13.0. The van der Waals surface area contributed by atoms with E-state index in [-0.39, 0.29) is 22.3 Å². The zero-order chi connectivity index (χ0) is 17.1. The topological polar surface area (TPSA) is 81.6 Å². The Balaban J connectivity index is 1.82. The van der Waals surface area contributed by atoms with Crippen molar-refractivity contribution in [2.45, 2.75) is 0 Å². The van der Waals surface area contributed by atoms with Crippen molar-refractivity contribution >= 4 is 40.6 Å². The number of thioether (sulfide) groups is 1. The first-order valence-corrected chi connectivity index (χ1v) is 7.70. The van der Waals surface area contributed by atoms with Crippen LogP contribution in [-0.4, -0.2) is 17.0 Å². The molecule has 0 saturated carbocycles. The van der Waals surface area contributed by atoms with Crippen LogP contribution in [0.2, 0.25) is 0 Å². The summed E-state index contributed by atoms with van der Waals surface area (Å²) in [5.41, 5.74) is 0.854. The molecule has 0 spiro atoms. The van der Waals surface area contributed by atoms with E-state index in [1.165, 1.54) is 24.3 Å². The predicted octanol–water partition coefficient (Wildman–Crippen LogP) is 2.08. The third-order valence-electron chi connectivity index (χ3n) is 3.17. The van der Waals surface area contributed by atoms with Gasteiger partial charge < -0.3 is 15.2 Å². The lowest BCUT2D eigenvalue weighted by atomic mass is 10.1. The second kappa shape index (κ2) is 6.67. The monoisotopic (exact) mass is 341 g/mol. The summed E-state index contributed by atoms with van der Waals surface area (Å²) in [5.74, 6) is -2.09. The molecule has 1 aliphatic rings. The van der Waals surface area contributed by atoms with Crippen LogP contribution in [0.1, 0.15) is 15.9 Å². The van der Waals surface area contributed by atoms with Crippen LogP contribution < -0.4 is 10.4 Å². The number of halogens is 1. The number of carbonyl (C=O) groups excluding carboxylic acids is 2. The molecule has 1 fully saturated rings. The number of amidine groups is 1. The lowest BCUT2D eigenvalue weighted by Gasteiger charge is -2.02. The lowest BCUT2D eigenvalue weighted by molar-refractivity contribution is -0.255. The van der Waals surface area contributed by atoms with Crippen LogP contribution in [-0.2, 0) is 4.79 Å². The molecule has 1 aliphatic heterocycles. The molecule has 2 aromatic carbocycles. The summed E-state index contributed by atoms with van der Waals surface area (Å²) in [6.07, 6.45) is 1.60. The number of hydrogen-bond donors (Lipinski definition) is 1. The summed E-state index contributed by atoms with van der Waals surface area (Å²) in [6, 6.07) is 11.9. The molecule has 7 heteroatoms. The fourth-order valence-corrected chi connectivity index (χ4v) is 2.83. The number of nitrogens with one attached hydrogen (secondary N) is 1. The van der Waals surface area contributed by atoms with Crippen LogP contribution in [0.15, 0.2) is 58.4 Å². The van der Waals surface area contributed by atoms with Crippen LogP contribution in [0, 0.1) is 5.82 Å². The van der Waals surface area contributed by atoms with Crippen molar-refractivity contribution in [3.63, 3.8) is 0 Å². The van der Waals surface area contributed by atoms with Crippen molar-refractivity contribution in [2.75, 3.05) is 0 Å². The number of carbonyl (C=O) groups is 2. The van der Waals surface area contributed by atoms with Crippen LogP contribution in [0.3, 0.4) is 0 Å². The van der Waals surface area contributed by atoms with Gasteiger partial charge in [-0.05, 0) is 41.1 Å². The Morgan fingerprint density at radius 3 is 2.54 bits per heavy atom. The third kappa shape index (κ3) is 3.52. The van der Waals surface area contributed by atoms with E-state index in [0.717, 1.165) is 11.8 Å². The summed E-state index contributed by atoms with van der Waals surface area (Å²) < 4.78 is 13.6. The van der Waals surface area contributed by atoms with Gasteiger partial charge in [-0.2, -0.15) is 0 Å². The molecule has 0 bridgehead atoms. The molecule has 0 unspecified atom stereocenters. The van der Waals surface area contributed by atoms with Gasteiger partial charge >= 0.3 is 0 Å².